The van der Waals surface area contributed by atoms with Gasteiger partial charge in [-0.3, -0.25) is 0 Å². The van der Waals surface area contributed by atoms with Crippen LogP contribution in [0, 0.1) is 0 Å². The molecule has 0 spiro atoms. The normalized spacial score (nSPS) is 19.0. The van der Waals surface area contributed by atoms with Crippen LogP contribution in [0.2, 0.25) is 0 Å². The van der Waals surface area contributed by atoms with E-state index in [1.54, 1.807) is 10.7 Å². The highest BCUT2D eigenvalue weighted by molar-refractivity contribution is 7.91. The third kappa shape index (κ3) is 2.51. The Kier molecular flexibility index (Phi) is 3.17. The van der Waals surface area contributed by atoms with Crippen LogP contribution >= 0.6 is 0 Å². The third-order valence-electron chi connectivity index (χ3n) is 3.51. The van der Waals surface area contributed by atoms with Gasteiger partial charge in [0.15, 0.2) is 5.82 Å². The average molecular weight is 293 g/mol. The van der Waals surface area contributed by atoms with E-state index in [-0.39, 0.29) is 17.5 Å². The van der Waals surface area contributed by atoms with Gasteiger partial charge in [0.05, 0.1) is 17.5 Å². The Morgan fingerprint density at radius 3 is 2.70 bits per heavy atom. The van der Waals surface area contributed by atoms with Crippen molar-refractivity contribution in [2.45, 2.75) is 18.9 Å². The predicted octanol–water partition coefficient (Wildman–Crippen LogP) is 0.672. The molecule has 0 aliphatic carbocycles. The lowest BCUT2D eigenvalue weighted by atomic mass is 10.1. The van der Waals surface area contributed by atoms with E-state index in [0.29, 0.717) is 24.4 Å². The molecule has 0 unspecified atom stereocenters. The average Bonchev–Trinajstić information content (AvgIpc) is 2.88. The van der Waals surface area contributed by atoms with Crippen molar-refractivity contribution in [1.29, 1.82) is 0 Å². The standard InChI is InChI=1S/C12H15N5O2S/c13-10-3-1-2-9(8-10)12-14-15-16-17(12)11-4-6-20(18,19)7-5-11/h1-3,8,11H,4-7,13H2. The molecular formula is C12H15N5O2S. The Labute approximate surface area is 116 Å². The van der Waals surface area contributed by atoms with Crippen molar-refractivity contribution in [3.05, 3.63) is 24.3 Å². The summed E-state index contributed by atoms with van der Waals surface area (Å²) in [6.07, 6.45) is 1.09. The van der Waals surface area contributed by atoms with Gasteiger partial charge in [-0.1, -0.05) is 12.1 Å². The van der Waals surface area contributed by atoms with Crippen LogP contribution in [0.5, 0.6) is 0 Å². The lowest BCUT2D eigenvalue weighted by molar-refractivity contribution is 0.408. The molecular weight excluding hydrogens is 278 g/mol. The number of hydrogen-bond donors (Lipinski definition) is 1. The first-order valence-electron chi connectivity index (χ1n) is 6.39. The first-order valence-corrected chi connectivity index (χ1v) is 8.21. The summed E-state index contributed by atoms with van der Waals surface area (Å²) in [4.78, 5) is 0. The van der Waals surface area contributed by atoms with Gasteiger partial charge in [-0.05, 0) is 35.4 Å². The summed E-state index contributed by atoms with van der Waals surface area (Å²) in [5.74, 6) is 1.00. The van der Waals surface area contributed by atoms with E-state index in [9.17, 15) is 8.42 Å². The van der Waals surface area contributed by atoms with Gasteiger partial charge in [-0.2, -0.15) is 0 Å². The molecule has 1 aromatic carbocycles. The molecule has 106 valence electrons. The summed E-state index contributed by atoms with van der Waals surface area (Å²) in [6, 6.07) is 7.35. The molecule has 0 saturated carbocycles. The maximum Gasteiger partial charge on any atom is 0.182 e. The minimum Gasteiger partial charge on any atom is -0.399 e. The number of anilines is 1. The molecule has 1 fully saturated rings. The van der Waals surface area contributed by atoms with Crippen molar-refractivity contribution in [1.82, 2.24) is 20.2 Å². The monoisotopic (exact) mass is 293 g/mol. The van der Waals surface area contributed by atoms with E-state index in [0.717, 1.165) is 5.56 Å². The Morgan fingerprint density at radius 2 is 2.00 bits per heavy atom. The number of nitrogens with two attached hydrogens (primary N) is 1. The van der Waals surface area contributed by atoms with Gasteiger partial charge in [0.25, 0.3) is 0 Å². The molecule has 0 bridgehead atoms. The van der Waals surface area contributed by atoms with Gasteiger partial charge in [0.2, 0.25) is 0 Å². The fraction of sp³-hybridized carbons (Fsp3) is 0.417. The Hall–Kier alpha value is -1.96. The number of nitrogen functional groups attached to an aromatic ring is 1. The van der Waals surface area contributed by atoms with Crippen molar-refractivity contribution in [3.63, 3.8) is 0 Å². The van der Waals surface area contributed by atoms with E-state index in [1.165, 1.54) is 0 Å². The molecule has 0 atom stereocenters. The summed E-state index contributed by atoms with van der Waals surface area (Å²) in [5.41, 5.74) is 7.25. The highest BCUT2D eigenvalue weighted by Gasteiger charge is 2.27. The van der Waals surface area contributed by atoms with Crippen molar-refractivity contribution in [3.8, 4) is 11.4 Å². The van der Waals surface area contributed by atoms with Gasteiger partial charge in [0, 0.05) is 11.3 Å². The SMILES string of the molecule is Nc1cccc(-c2nnnn2C2CCS(=O)(=O)CC2)c1. The molecule has 1 saturated heterocycles. The fourth-order valence-electron chi connectivity index (χ4n) is 2.43. The highest BCUT2D eigenvalue weighted by Crippen LogP contribution is 2.27. The minimum absolute atomic E-state index is 0.0185. The predicted molar refractivity (Wildman–Crippen MR) is 74.6 cm³/mol. The van der Waals surface area contributed by atoms with Crippen molar-refractivity contribution < 1.29 is 8.42 Å². The topological polar surface area (TPSA) is 104 Å². The summed E-state index contributed by atoms with van der Waals surface area (Å²) in [5, 5.41) is 11.8. The second-order valence-corrected chi connectivity index (χ2v) is 7.26. The largest absolute Gasteiger partial charge is 0.399 e. The fourth-order valence-corrected chi connectivity index (χ4v) is 3.90. The van der Waals surface area contributed by atoms with Gasteiger partial charge >= 0.3 is 0 Å². The highest BCUT2D eigenvalue weighted by atomic mass is 32.2. The van der Waals surface area contributed by atoms with Crippen LogP contribution in [0.4, 0.5) is 5.69 Å². The van der Waals surface area contributed by atoms with Crippen LogP contribution in [0.25, 0.3) is 11.4 Å². The lowest BCUT2D eigenvalue weighted by Gasteiger charge is -2.22. The molecule has 7 nitrogen and oxygen atoms in total. The zero-order valence-corrected chi connectivity index (χ0v) is 11.6. The van der Waals surface area contributed by atoms with Crippen LogP contribution in [-0.2, 0) is 9.84 Å². The van der Waals surface area contributed by atoms with Gasteiger partial charge in [0.1, 0.15) is 9.84 Å². The van der Waals surface area contributed by atoms with Crippen molar-refractivity contribution in [2.75, 3.05) is 17.2 Å². The molecule has 20 heavy (non-hydrogen) atoms. The van der Waals surface area contributed by atoms with Crippen LogP contribution in [0.15, 0.2) is 24.3 Å². The first kappa shape index (κ1) is 13.0. The lowest BCUT2D eigenvalue weighted by Crippen LogP contribution is -2.26. The van der Waals surface area contributed by atoms with Crippen molar-refractivity contribution in [2.24, 2.45) is 0 Å². The Morgan fingerprint density at radius 1 is 1.25 bits per heavy atom. The summed E-state index contributed by atoms with van der Waals surface area (Å²) in [6.45, 7) is 0. The summed E-state index contributed by atoms with van der Waals surface area (Å²) in [7, 11) is -2.89. The van der Waals surface area contributed by atoms with Gasteiger partial charge < -0.3 is 5.73 Å². The zero-order valence-electron chi connectivity index (χ0n) is 10.8. The number of tetrazole rings is 1. The van der Waals surface area contributed by atoms with Crippen LogP contribution in [-0.4, -0.2) is 40.1 Å². The maximum atomic E-state index is 11.5. The number of aromatic nitrogens is 4. The molecule has 2 aromatic rings. The number of rotatable bonds is 2. The smallest absolute Gasteiger partial charge is 0.182 e. The van der Waals surface area contributed by atoms with E-state index < -0.39 is 9.84 Å². The molecule has 3 rings (SSSR count). The van der Waals surface area contributed by atoms with Crippen molar-refractivity contribution >= 4 is 15.5 Å². The number of sulfone groups is 1. The van der Waals surface area contributed by atoms with E-state index in [1.807, 2.05) is 18.2 Å². The molecule has 1 aromatic heterocycles. The molecule has 0 amide bonds. The molecule has 0 radical (unpaired) electrons. The Balaban J connectivity index is 1.91. The second kappa shape index (κ2) is 4.86. The quantitative estimate of drug-likeness (QED) is 0.816. The van der Waals surface area contributed by atoms with E-state index >= 15 is 0 Å². The van der Waals surface area contributed by atoms with Gasteiger partial charge in [-0.25, -0.2) is 13.1 Å². The molecule has 1 aliphatic rings. The molecule has 2 heterocycles. The van der Waals surface area contributed by atoms with E-state index in [4.69, 9.17) is 5.73 Å². The number of hydrogen-bond acceptors (Lipinski definition) is 6. The summed E-state index contributed by atoms with van der Waals surface area (Å²) < 4.78 is 24.7. The van der Waals surface area contributed by atoms with Crippen LogP contribution in [0.3, 0.4) is 0 Å². The minimum atomic E-state index is -2.89. The number of benzene rings is 1. The van der Waals surface area contributed by atoms with Crippen LogP contribution in [0.1, 0.15) is 18.9 Å². The third-order valence-corrected chi connectivity index (χ3v) is 5.22. The Bertz CT molecular complexity index is 711. The zero-order chi connectivity index (χ0) is 14.2. The van der Waals surface area contributed by atoms with Crippen LogP contribution < -0.4 is 5.73 Å². The molecule has 1 aliphatic heterocycles. The number of nitrogens with zero attached hydrogens (tertiary/aromatic N) is 4. The molecule has 2 N–H and O–H groups in total. The van der Waals surface area contributed by atoms with Gasteiger partial charge in [-0.15, -0.1) is 5.10 Å². The van der Waals surface area contributed by atoms with E-state index in [2.05, 4.69) is 15.5 Å². The summed E-state index contributed by atoms with van der Waals surface area (Å²) >= 11 is 0. The molecule has 8 heteroatoms. The maximum absolute atomic E-state index is 11.5. The first-order chi connectivity index (χ1) is 9.55. The second-order valence-electron chi connectivity index (χ2n) is 4.96.